The highest BCUT2D eigenvalue weighted by atomic mass is 16.5. The van der Waals surface area contributed by atoms with Crippen LogP contribution in [0.3, 0.4) is 0 Å². The van der Waals surface area contributed by atoms with Crippen molar-refractivity contribution in [1.82, 2.24) is 4.98 Å². The van der Waals surface area contributed by atoms with Crippen molar-refractivity contribution in [2.75, 3.05) is 13.2 Å². The third-order valence-corrected chi connectivity index (χ3v) is 3.46. The fourth-order valence-electron chi connectivity index (χ4n) is 2.45. The minimum absolute atomic E-state index is 0.0819. The zero-order chi connectivity index (χ0) is 14.7. The summed E-state index contributed by atoms with van der Waals surface area (Å²) < 4.78 is 11.4. The number of carboxylic acid groups (broad SMARTS) is 1. The molecule has 1 aromatic carbocycles. The number of aromatic nitrogens is 1. The summed E-state index contributed by atoms with van der Waals surface area (Å²) in [5.41, 5.74) is 2.27. The normalized spacial score (nSPS) is 17.0. The largest absolute Gasteiger partial charge is 0.488 e. The summed E-state index contributed by atoms with van der Waals surface area (Å²) in [7, 11) is 0. The Hall–Kier alpha value is -2.40. The van der Waals surface area contributed by atoms with Crippen LogP contribution in [-0.4, -0.2) is 29.3 Å². The van der Waals surface area contributed by atoms with Gasteiger partial charge in [-0.05, 0) is 29.7 Å². The Balaban J connectivity index is 1.76. The van der Waals surface area contributed by atoms with Gasteiger partial charge < -0.3 is 14.6 Å². The maximum Gasteiger partial charge on any atom is 0.358 e. The number of rotatable bonds is 4. The average Bonchev–Trinajstić information content (AvgIpc) is 2.53. The lowest BCUT2D eigenvalue weighted by atomic mass is 9.98. The Labute approximate surface area is 122 Å². The molecule has 5 nitrogen and oxygen atoms in total. The van der Waals surface area contributed by atoms with E-state index in [1.807, 2.05) is 18.2 Å². The number of nitrogens with zero attached hydrogens (tertiary/aromatic N) is 1. The maximum absolute atomic E-state index is 11.1. The summed E-state index contributed by atoms with van der Waals surface area (Å²) in [6.45, 7) is 0.910. The average molecular weight is 285 g/mol. The van der Waals surface area contributed by atoms with Gasteiger partial charge in [0.25, 0.3) is 0 Å². The van der Waals surface area contributed by atoms with Crippen LogP contribution in [-0.2, 0) is 11.2 Å². The number of carboxylic acids is 1. The predicted octanol–water partition coefficient (Wildman–Crippen LogP) is 2.47. The number of pyridine rings is 1. The maximum atomic E-state index is 11.1. The molecular weight excluding hydrogens is 270 g/mol. The van der Waals surface area contributed by atoms with Gasteiger partial charge in [0.2, 0.25) is 0 Å². The van der Waals surface area contributed by atoms with Crippen LogP contribution in [0.1, 0.15) is 27.7 Å². The van der Waals surface area contributed by atoms with Crippen LogP contribution in [0.25, 0.3) is 0 Å². The lowest BCUT2D eigenvalue weighted by Gasteiger charge is -2.26. The van der Waals surface area contributed by atoms with Gasteiger partial charge >= 0.3 is 5.97 Å². The van der Waals surface area contributed by atoms with E-state index in [4.69, 9.17) is 14.6 Å². The molecule has 21 heavy (non-hydrogen) atoms. The Morgan fingerprint density at radius 2 is 2.19 bits per heavy atom. The van der Waals surface area contributed by atoms with Crippen molar-refractivity contribution in [1.29, 1.82) is 0 Å². The van der Waals surface area contributed by atoms with E-state index in [-0.39, 0.29) is 24.2 Å². The van der Waals surface area contributed by atoms with Gasteiger partial charge in [0.05, 0.1) is 6.61 Å². The third kappa shape index (κ3) is 2.87. The quantitative estimate of drug-likeness (QED) is 0.934. The number of carbonyl (C=O) groups is 1. The molecule has 0 saturated heterocycles. The van der Waals surface area contributed by atoms with Crippen molar-refractivity contribution in [3.63, 3.8) is 0 Å². The molecule has 1 aliphatic rings. The monoisotopic (exact) mass is 285 g/mol. The second kappa shape index (κ2) is 5.93. The highest BCUT2D eigenvalue weighted by molar-refractivity contribution is 5.88. The molecule has 0 fully saturated rings. The molecule has 0 saturated carbocycles. The van der Waals surface area contributed by atoms with E-state index in [9.17, 15) is 4.79 Å². The Bertz CT molecular complexity index is 656. The lowest BCUT2D eigenvalue weighted by Crippen LogP contribution is -2.22. The molecule has 0 aliphatic carbocycles. The van der Waals surface area contributed by atoms with E-state index >= 15 is 0 Å². The summed E-state index contributed by atoms with van der Waals surface area (Å²) in [5, 5.41) is 9.09. The van der Waals surface area contributed by atoms with Gasteiger partial charge in [-0.1, -0.05) is 24.3 Å². The van der Waals surface area contributed by atoms with Crippen LogP contribution in [0.15, 0.2) is 42.6 Å². The molecule has 1 unspecified atom stereocenters. The molecule has 0 spiro atoms. The van der Waals surface area contributed by atoms with Gasteiger partial charge in [0.1, 0.15) is 12.7 Å². The Morgan fingerprint density at radius 1 is 1.33 bits per heavy atom. The van der Waals surface area contributed by atoms with Gasteiger partial charge in [0, 0.05) is 6.20 Å². The number of ether oxygens (including phenoxy) is 2. The second-order valence-corrected chi connectivity index (χ2v) is 4.77. The van der Waals surface area contributed by atoms with Crippen LogP contribution >= 0.6 is 0 Å². The molecule has 3 rings (SSSR count). The fraction of sp³-hybridized carbons (Fsp3) is 0.250. The minimum Gasteiger partial charge on any atom is -0.488 e. The van der Waals surface area contributed by atoms with E-state index in [0.29, 0.717) is 6.61 Å². The first kappa shape index (κ1) is 13.6. The van der Waals surface area contributed by atoms with E-state index in [0.717, 1.165) is 12.0 Å². The minimum atomic E-state index is -1.10. The SMILES string of the molecule is O=C(O)c1ncccc1OCC1OCCc2ccccc21. The van der Waals surface area contributed by atoms with Crippen LogP contribution in [0.4, 0.5) is 0 Å². The number of hydrogen-bond donors (Lipinski definition) is 1. The van der Waals surface area contributed by atoms with E-state index < -0.39 is 5.97 Å². The molecule has 1 aliphatic heterocycles. The number of fused-ring (bicyclic) bond motifs is 1. The molecule has 5 heteroatoms. The van der Waals surface area contributed by atoms with Gasteiger partial charge in [-0.25, -0.2) is 9.78 Å². The number of aromatic carboxylic acids is 1. The zero-order valence-electron chi connectivity index (χ0n) is 11.4. The first-order chi connectivity index (χ1) is 10.3. The molecule has 2 heterocycles. The summed E-state index contributed by atoms with van der Waals surface area (Å²) >= 11 is 0. The smallest absolute Gasteiger partial charge is 0.358 e. The molecule has 0 amide bonds. The van der Waals surface area contributed by atoms with Crippen molar-refractivity contribution in [2.24, 2.45) is 0 Å². The van der Waals surface area contributed by atoms with Crippen LogP contribution < -0.4 is 4.74 Å². The molecule has 0 radical (unpaired) electrons. The van der Waals surface area contributed by atoms with Gasteiger partial charge in [-0.2, -0.15) is 0 Å². The summed E-state index contributed by atoms with van der Waals surface area (Å²) in [6.07, 6.45) is 2.14. The standard InChI is InChI=1S/C16H15NO4/c18-16(19)15-13(6-3-8-17-15)21-10-14-12-5-2-1-4-11(12)7-9-20-14/h1-6,8,14H,7,9-10H2,(H,18,19). The molecular formula is C16H15NO4. The number of hydrogen-bond acceptors (Lipinski definition) is 4. The first-order valence-electron chi connectivity index (χ1n) is 6.76. The van der Waals surface area contributed by atoms with E-state index in [1.54, 1.807) is 12.1 Å². The first-order valence-corrected chi connectivity index (χ1v) is 6.76. The fourth-order valence-corrected chi connectivity index (χ4v) is 2.45. The molecule has 2 aromatic rings. The van der Waals surface area contributed by atoms with Crippen molar-refractivity contribution in [2.45, 2.75) is 12.5 Å². The van der Waals surface area contributed by atoms with Crippen molar-refractivity contribution in [3.05, 3.63) is 59.4 Å². The lowest BCUT2D eigenvalue weighted by molar-refractivity contribution is 0.00968. The highest BCUT2D eigenvalue weighted by Crippen LogP contribution is 2.28. The number of benzene rings is 1. The molecule has 0 bridgehead atoms. The van der Waals surface area contributed by atoms with Crippen LogP contribution in [0.2, 0.25) is 0 Å². The zero-order valence-corrected chi connectivity index (χ0v) is 11.4. The molecule has 1 atom stereocenters. The van der Waals surface area contributed by atoms with E-state index in [1.165, 1.54) is 11.8 Å². The Kier molecular flexibility index (Phi) is 3.83. The van der Waals surface area contributed by atoms with E-state index in [2.05, 4.69) is 11.1 Å². The Morgan fingerprint density at radius 3 is 3.05 bits per heavy atom. The highest BCUT2D eigenvalue weighted by Gasteiger charge is 2.22. The summed E-state index contributed by atoms with van der Waals surface area (Å²) in [4.78, 5) is 14.9. The van der Waals surface area contributed by atoms with Crippen molar-refractivity contribution >= 4 is 5.97 Å². The summed E-state index contributed by atoms with van der Waals surface area (Å²) in [6, 6.07) is 11.3. The third-order valence-electron chi connectivity index (χ3n) is 3.46. The van der Waals surface area contributed by atoms with Gasteiger partial charge in [0.15, 0.2) is 11.4 Å². The molecule has 108 valence electrons. The topological polar surface area (TPSA) is 68.7 Å². The molecule has 1 N–H and O–H groups in total. The predicted molar refractivity (Wildman–Crippen MR) is 75.5 cm³/mol. The molecule has 1 aromatic heterocycles. The van der Waals surface area contributed by atoms with Crippen molar-refractivity contribution in [3.8, 4) is 5.75 Å². The van der Waals surface area contributed by atoms with Crippen LogP contribution in [0, 0.1) is 0 Å². The summed E-state index contributed by atoms with van der Waals surface area (Å²) in [5.74, 6) is -0.841. The van der Waals surface area contributed by atoms with Gasteiger partial charge in [-0.15, -0.1) is 0 Å². The second-order valence-electron chi connectivity index (χ2n) is 4.77. The van der Waals surface area contributed by atoms with Crippen molar-refractivity contribution < 1.29 is 19.4 Å². The van der Waals surface area contributed by atoms with Crippen LogP contribution in [0.5, 0.6) is 5.75 Å². The van der Waals surface area contributed by atoms with Gasteiger partial charge in [-0.3, -0.25) is 0 Å².